The number of carbonyl (C=O) groups is 1. The number of rotatable bonds is 4. The van der Waals surface area contributed by atoms with E-state index in [0.29, 0.717) is 4.88 Å². The highest BCUT2D eigenvalue weighted by atomic mass is 32.1. The van der Waals surface area contributed by atoms with Gasteiger partial charge in [0.2, 0.25) is 0 Å². The molecule has 3 aromatic rings. The second kappa shape index (κ2) is 8.15. The van der Waals surface area contributed by atoms with Crippen LogP contribution >= 0.6 is 11.3 Å². The minimum Gasteiger partial charge on any atom is -0.372 e. The molecule has 1 fully saturated rings. The summed E-state index contributed by atoms with van der Waals surface area (Å²) >= 11 is 1.43. The van der Waals surface area contributed by atoms with Gasteiger partial charge in [0.05, 0.1) is 5.69 Å². The fourth-order valence-electron chi connectivity index (χ4n) is 3.52. The predicted molar refractivity (Wildman–Crippen MR) is 117 cm³/mol. The highest BCUT2D eigenvalue weighted by Gasteiger charge is 2.18. The van der Waals surface area contributed by atoms with Gasteiger partial charge in [0.1, 0.15) is 9.88 Å². The first-order chi connectivity index (χ1) is 13.6. The molecule has 28 heavy (non-hydrogen) atoms. The quantitative estimate of drug-likeness (QED) is 0.629. The summed E-state index contributed by atoms with van der Waals surface area (Å²) in [4.78, 5) is 20.4. The van der Waals surface area contributed by atoms with Crippen LogP contribution < -0.4 is 10.2 Å². The van der Waals surface area contributed by atoms with E-state index in [2.05, 4.69) is 34.3 Å². The molecule has 1 aliphatic rings. The first-order valence-electron chi connectivity index (χ1n) is 9.79. The molecule has 0 unspecified atom stereocenters. The van der Waals surface area contributed by atoms with E-state index >= 15 is 0 Å². The Balaban J connectivity index is 1.44. The summed E-state index contributed by atoms with van der Waals surface area (Å²) in [6.45, 7) is 6.42. The molecule has 0 bridgehead atoms. The van der Waals surface area contributed by atoms with Gasteiger partial charge in [-0.3, -0.25) is 4.79 Å². The first-order valence-corrected chi connectivity index (χ1v) is 10.6. The Morgan fingerprint density at radius 2 is 1.75 bits per heavy atom. The van der Waals surface area contributed by atoms with E-state index < -0.39 is 0 Å². The number of aryl methyl sites for hydroxylation is 1. The Kier molecular flexibility index (Phi) is 5.44. The second-order valence-electron chi connectivity index (χ2n) is 7.47. The van der Waals surface area contributed by atoms with Crippen molar-refractivity contribution in [3.63, 3.8) is 0 Å². The number of hydrogen-bond donors (Lipinski definition) is 1. The highest BCUT2D eigenvalue weighted by Crippen LogP contribution is 2.29. The van der Waals surface area contributed by atoms with E-state index in [0.717, 1.165) is 41.0 Å². The molecule has 0 aliphatic carbocycles. The second-order valence-corrected chi connectivity index (χ2v) is 8.47. The van der Waals surface area contributed by atoms with Crippen LogP contribution in [0.1, 0.15) is 35.1 Å². The summed E-state index contributed by atoms with van der Waals surface area (Å²) in [6.07, 6.45) is 2.49. The van der Waals surface area contributed by atoms with Crippen LogP contribution in [-0.4, -0.2) is 24.0 Å². The number of aromatic nitrogens is 1. The van der Waals surface area contributed by atoms with Crippen LogP contribution in [0.3, 0.4) is 0 Å². The summed E-state index contributed by atoms with van der Waals surface area (Å²) in [5, 5.41) is 3.89. The lowest BCUT2D eigenvalue weighted by molar-refractivity contribution is 0.103. The maximum atomic E-state index is 12.8. The van der Waals surface area contributed by atoms with Crippen molar-refractivity contribution in [1.82, 2.24) is 4.98 Å². The average molecular weight is 392 g/mol. The Morgan fingerprint density at radius 1 is 1.07 bits per heavy atom. The third-order valence-electron chi connectivity index (χ3n) is 5.30. The topological polar surface area (TPSA) is 45.2 Å². The zero-order valence-electron chi connectivity index (χ0n) is 16.3. The van der Waals surface area contributed by atoms with E-state index in [-0.39, 0.29) is 5.91 Å². The molecule has 2 heterocycles. The van der Waals surface area contributed by atoms with Gasteiger partial charge >= 0.3 is 0 Å². The molecular weight excluding hydrogens is 366 g/mol. The van der Waals surface area contributed by atoms with E-state index in [4.69, 9.17) is 0 Å². The minimum atomic E-state index is -0.100. The van der Waals surface area contributed by atoms with Crippen molar-refractivity contribution >= 4 is 28.6 Å². The molecule has 1 amide bonds. The van der Waals surface area contributed by atoms with E-state index in [1.807, 2.05) is 49.4 Å². The molecule has 0 spiro atoms. The monoisotopic (exact) mass is 391 g/mol. The van der Waals surface area contributed by atoms with Gasteiger partial charge in [-0.2, -0.15) is 0 Å². The Hall–Kier alpha value is -2.66. The summed E-state index contributed by atoms with van der Waals surface area (Å²) in [5.41, 5.74) is 3.84. The maximum absolute atomic E-state index is 12.8. The van der Waals surface area contributed by atoms with Crippen LogP contribution in [0.15, 0.2) is 54.6 Å². The molecule has 5 heteroatoms. The normalized spacial score (nSPS) is 14.9. The third kappa shape index (κ3) is 4.09. The van der Waals surface area contributed by atoms with Crippen molar-refractivity contribution < 1.29 is 4.79 Å². The van der Waals surface area contributed by atoms with Gasteiger partial charge in [-0.05, 0) is 49.9 Å². The van der Waals surface area contributed by atoms with Crippen LogP contribution in [0, 0.1) is 12.8 Å². The van der Waals surface area contributed by atoms with Gasteiger partial charge in [-0.15, -0.1) is 11.3 Å². The van der Waals surface area contributed by atoms with Crippen molar-refractivity contribution in [2.45, 2.75) is 26.7 Å². The molecule has 1 N–H and O–H groups in total. The summed E-state index contributed by atoms with van der Waals surface area (Å²) in [7, 11) is 0. The van der Waals surface area contributed by atoms with Crippen molar-refractivity contribution in [3.8, 4) is 10.6 Å². The van der Waals surface area contributed by atoms with Gasteiger partial charge in [0.25, 0.3) is 5.91 Å². The molecule has 1 aromatic heterocycles. The summed E-state index contributed by atoms with van der Waals surface area (Å²) in [5.74, 6) is 0.718. The molecule has 4 nitrogen and oxygen atoms in total. The zero-order chi connectivity index (χ0) is 19.5. The standard InChI is InChI=1S/C23H25N3OS/c1-16-12-14-26(15-13-16)20-10-8-19(9-11-20)25-22(27)21-17(2)24-23(28-21)18-6-4-3-5-7-18/h3-11,16H,12-15H2,1-2H3,(H,25,27). The zero-order valence-corrected chi connectivity index (χ0v) is 17.1. The number of hydrogen-bond acceptors (Lipinski definition) is 4. The van der Waals surface area contributed by atoms with Gasteiger partial charge < -0.3 is 10.2 Å². The Morgan fingerprint density at radius 3 is 2.43 bits per heavy atom. The minimum absolute atomic E-state index is 0.100. The number of nitrogens with one attached hydrogen (secondary N) is 1. The molecule has 1 aliphatic heterocycles. The van der Waals surface area contributed by atoms with E-state index in [9.17, 15) is 4.79 Å². The van der Waals surface area contributed by atoms with Crippen molar-refractivity contribution in [3.05, 3.63) is 65.2 Å². The number of piperidine rings is 1. The highest BCUT2D eigenvalue weighted by molar-refractivity contribution is 7.17. The molecule has 2 aromatic carbocycles. The lowest BCUT2D eigenvalue weighted by Gasteiger charge is -2.32. The van der Waals surface area contributed by atoms with E-state index in [1.165, 1.54) is 29.9 Å². The van der Waals surface area contributed by atoms with Crippen molar-refractivity contribution in [1.29, 1.82) is 0 Å². The van der Waals surface area contributed by atoms with Crippen LogP contribution in [0.25, 0.3) is 10.6 Å². The Bertz CT molecular complexity index is 942. The fourth-order valence-corrected chi connectivity index (χ4v) is 4.49. The Labute approximate surface area is 170 Å². The van der Waals surface area contributed by atoms with E-state index in [1.54, 1.807) is 0 Å². The molecule has 0 radical (unpaired) electrons. The number of anilines is 2. The number of carbonyl (C=O) groups excluding carboxylic acids is 1. The molecular formula is C23H25N3OS. The summed E-state index contributed by atoms with van der Waals surface area (Å²) < 4.78 is 0. The number of thiazole rings is 1. The molecule has 0 atom stereocenters. The molecule has 144 valence electrons. The van der Waals surface area contributed by atoms with Gasteiger partial charge in [-0.25, -0.2) is 4.98 Å². The van der Waals surface area contributed by atoms with Gasteiger partial charge in [-0.1, -0.05) is 37.3 Å². The summed E-state index contributed by atoms with van der Waals surface area (Å²) in [6, 6.07) is 18.1. The number of nitrogens with zero attached hydrogens (tertiary/aromatic N) is 2. The van der Waals surface area contributed by atoms with Crippen molar-refractivity contribution in [2.75, 3.05) is 23.3 Å². The predicted octanol–water partition coefficient (Wildman–Crippen LogP) is 5.61. The molecule has 4 rings (SSSR count). The van der Waals surface area contributed by atoms with Crippen LogP contribution in [0.2, 0.25) is 0 Å². The largest absolute Gasteiger partial charge is 0.372 e. The van der Waals surface area contributed by atoms with Crippen LogP contribution in [0.4, 0.5) is 11.4 Å². The van der Waals surface area contributed by atoms with Crippen LogP contribution in [-0.2, 0) is 0 Å². The van der Waals surface area contributed by atoms with Crippen molar-refractivity contribution in [2.24, 2.45) is 5.92 Å². The SMILES string of the molecule is Cc1nc(-c2ccccc2)sc1C(=O)Nc1ccc(N2CCC(C)CC2)cc1. The number of amides is 1. The average Bonchev–Trinajstić information content (AvgIpc) is 3.12. The maximum Gasteiger partial charge on any atom is 0.267 e. The van der Waals surface area contributed by atoms with Gasteiger partial charge in [0, 0.05) is 30.0 Å². The molecule has 0 saturated carbocycles. The van der Waals surface area contributed by atoms with Crippen LogP contribution in [0.5, 0.6) is 0 Å². The van der Waals surface area contributed by atoms with Gasteiger partial charge in [0.15, 0.2) is 0 Å². The number of benzene rings is 2. The lowest BCUT2D eigenvalue weighted by atomic mass is 9.99. The smallest absolute Gasteiger partial charge is 0.267 e. The fraction of sp³-hybridized carbons (Fsp3) is 0.304. The lowest BCUT2D eigenvalue weighted by Crippen LogP contribution is -2.32. The first kappa shape index (κ1) is 18.7. The third-order valence-corrected chi connectivity index (χ3v) is 6.50. The molecule has 1 saturated heterocycles.